The van der Waals surface area contributed by atoms with Gasteiger partial charge in [-0.25, -0.2) is 13.2 Å². The first-order chi connectivity index (χ1) is 13.8. The fourth-order valence-electron chi connectivity index (χ4n) is 4.13. The maximum absolute atomic E-state index is 13.9. The van der Waals surface area contributed by atoms with Crippen LogP contribution in [0, 0.1) is 5.82 Å². The molecule has 7 heteroatoms. The van der Waals surface area contributed by atoms with Crippen LogP contribution in [0.1, 0.15) is 36.4 Å². The summed E-state index contributed by atoms with van der Waals surface area (Å²) >= 11 is 0. The number of nitrogens with zero attached hydrogens (tertiary/aromatic N) is 1. The zero-order chi connectivity index (χ0) is 20.6. The third kappa shape index (κ3) is 4.10. The largest absolute Gasteiger partial charge is 0.491 e. The van der Waals surface area contributed by atoms with E-state index in [1.54, 1.807) is 24.0 Å². The van der Waals surface area contributed by atoms with Crippen molar-refractivity contribution in [2.45, 2.75) is 37.3 Å². The summed E-state index contributed by atoms with van der Waals surface area (Å²) in [5.41, 5.74) is 1.49. The lowest BCUT2D eigenvalue weighted by molar-refractivity contribution is -0.124. The van der Waals surface area contributed by atoms with Crippen LogP contribution in [0.15, 0.2) is 48.5 Å². The van der Waals surface area contributed by atoms with Crippen molar-refractivity contribution >= 4 is 5.91 Å². The molecule has 0 spiro atoms. The third-order valence-corrected chi connectivity index (χ3v) is 5.72. The maximum Gasteiger partial charge on any atom is 0.261 e. The first kappa shape index (κ1) is 19.8. The molecule has 2 aliphatic heterocycles. The molecule has 0 radical (unpaired) electrons. The average molecular weight is 404 g/mol. The van der Waals surface area contributed by atoms with Gasteiger partial charge < -0.3 is 10.1 Å². The summed E-state index contributed by atoms with van der Waals surface area (Å²) < 4.78 is 46.8. The summed E-state index contributed by atoms with van der Waals surface area (Å²) in [6.45, 7) is 1.85. The summed E-state index contributed by atoms with van der Waals surface area (Å²) in [4.78, 5) is 14.6. The number of rotatable bonds is 4. The molecule has 2 aromatic rings. The molecule has 29 heavy (non-hydrogen) atoms. The number of carbonyl (C=O) groups excluding carboxylic acids is 1. The van der Waals surface area contributed by atoms with Gasteiger partial charge in [-0.15, -0.1) is 0 Å². The van der Waals surface area contributed by atoms with Gasteiger partial charge in [0.2, 0.25) is 5.91 Å². The van der Waals surface area contributed by atoms with Gasteiger partial charge in [-0.1, -0.05) is 30.3 Å². The smallest absolute Gasteiger partial charge is 0.261 e. The highest BCUT2D eigenvalue weighted by Gasteiger charge is 2.45. The van der Waals surface area contributed by atoms with Gasteiger partial charge in [0.15, 0.2) is 0 Å². The Morgan fingerprint density at radius 3 is 2.62 bits per heavy atom. The Labute approximate surface area is 167 Å². The number of hydrogen-bond donors (Lipinski definition) is 1. The number of amides is 1. The molecule has 4 nitrogen and oxygen atoms in total. The van der Waals surface area contributed by atoms with Crippen molar-refractivity contribution < 1.29 is 22.7 Å². The monoisotopic (exact) mass is 404 g/mol. The van der Waals surface area contributed by atoms with Gasteiger partial charge >= 0.3 is 0 Å². The van der Waals surface area contributed by atoms with E-state index in [1.807, 2.05) is 24.3 Å². The molecule has 1 fully saturated rings. The third-order valence-electron chi connectivity index (χ3n) is 5.72. The lowest BCUT2D eigenvalue weighted by atomic mass is 9.93. The molecule has 1 amide bonds. The van der Waals surface area contributed by atoms with E-state index in [0.717, 1.165) is 5.56 Å². The number of fused-ring (bicyclic) bond motifs is 1. The molecule has 0 saturated carbocycles. The van der Waals surface area contributed by atoms with Gasteiger partial charge in [0, 0.05) is 18.5 Å². The zero-order valence-corrected chi connectivity index (χ0v) is 16.1. The van der Waals surface area contributed by atoms with Crippen LogP contribution in [0.3, 0.4) is 0 Å². The van der Waals surface area contributed by atoms with Gasteiger partial charge in [0.1, 0.15) is 18.2 Å². The lowest BCUT2D eigenvalue weighted by Crippen LogP contribution is -2.52. The SMILES string of the molecule is C[C@H](C(=O)N[C@H]1COc2ccccc2[C@@H]1N1CCC(F)(F)C1)c1ccc(F)cc1. The van der Waals surface area contributed by atoms with Gasteiger partial charge in [0.05, 0.1) is 24.5 Å². The van der Waals surface area contributed by atoms with Crippen LogP contribution in [0.2, 0.25) is 0 Å². The number of nitrogens with one attached hydrogen (secondary N) is 1. The normalized spacial score (nSPS) is 24.4. The minimum Gasteiger partial charge on any atom is -0.491 e. The minimum atomic E-state index is -2.73. The van der Waals surface area contributed by atoms with Crippen LogP contribution >= 0.6 is 0 Å². The molecule has 0 aliphatic carbocycles. The molecule has 3 atom stereocenters. The number of ether oxygens (including phenoxy) is 1. The summed E-state index contributed by atoms with van der Waals surface area (Å²) in [5.74, 6) is -3.20. The quantitative estimate of drug-likeness (QED) is 0.841. The number of alkyl halides is 2. The summed E-state index contributed by atoms with van der Waals surface area (Å²) in [6.07, 6.45) is -0.195. The number of likely N-dealkylation sites (tertiary alicyclic amines) is 1. The van der Waals surface area contributed by atoms with Crippen LogP contribution in [0.5, 0.6) is 5.75 Å². The summed E-state index contributed by atoms with van der Waals surface area (Å²) in [5, 5.41) is 2.98. The van der Waals surface area contributed by atoms with Gasteiger partial charge in [-0.05, 0) is 30.7 Å². The highest BCUT2D eigenvalue weighted by molar-refractivity contribution is 5.83. The Hall–Kier alpha value is -2.54. The number of para-hydroxylation sites is 1. The molecular formula is C22H23F3N2O2. The molecular weight excluding hydrogens is 381 g/mol. The second-order valence-corrected chi connectivity index (χ2v) is 7.76. The molecule has 2 heterocycles. The molecule has 0 bridgehead atoms. The van der Waals surface area contributed by atoms with Crippen LogP contribution in [0.25, 0.3) is 0 Å². The van der Waals surface area contributed by atoms with Gasteiger partial charge in [-0.3, -0.25) is 9.69 Å². The fourth-order valence-corrected chi connectivity index (χ4v) is 4.13. The van der Waals surface area contributed by atoms with E-state index in [1.165, 1.54) is 12.1 Å². The molecule has 1 N–H and O–H groups in total. The highest BCUT2D eigenvalue weighted by Crippen LogP contribution is 2.40. The van der Waals surface area contributed by atoms with Crippen molar-refractivity contribution in [3.8, 4) is 5.75 Å². The summed E-state index contributed by atoms with van der Waals surface area (Å²) in [6, 6.07) is 12.3. The van der Waals surface area contributed by atoms with E-state index in [4.69, 9.17) is 4.74 Å². The Morgan fingerprint density at radius 1 is 1.21 bits per heavy atom. The van der Waals surface area contributed by atoms with Crippen molar-refractivity contribution in [2.75, 3.05) is 19.7 Å². The van der Waals surface area contributed by atoms with Crippen molar-refractivity contribution in [3.63, 3.8) is 0 Å². The molecule has 0 aromatic heterocycles. The molecule has 1 saturated heterocycles. The average Bonchev–Trinajstić information content (AvgIpc) is 3.07. The second kappa shape index (κ2) is 7.71. The molecule has 154 valence electrons. The van der Waals surface area contributed by atoms with Gasteiger partial charge in [0.25, 0.3) is 5.92 Å². The van der Waals surface area contributed by atoms with E-state index in [9.17, 15) is 18.0 Å². The van der Waals surface area contributed by atoms with Crippen molar-refractivity contribution in [2.24, 2.45) is 0 Å². The Balaban J connectivity index is 1.56. The second-order valence-electron chi connectivity index (χ2n) is 7.76. The Morgan fingerprint density at radius 2 is 1.93 bits per heavy atom. The zero-order valence-electron chi connectivity index (χ0n) is 16.1. The van der Waals surface area contributed by atoms with E-state index in [2.05, 4.69) is 5.32 Å². The van der Waals surface area contributed by atoms with Gasteiger partial charge in [-0.2, -0.15) is 0 Å². The number of halogens is 3. The predicted molar refractivity (Wildman–Crippen MR) is 103 cm³/mol. The first-order valence-electron chi connectivity index (χ1n) is 9.73. The number of benzene rings is 2. The Kier molecular flexibility index (Phi) is 5.25. The predicted octanol–water partition coefficient (Wildman–Crippen LogP) is 3.89. The Bertz CT molecular complexity index is 888. The van der Waals surface area contributed by atoms with E-state index in [0.29, 0.717) is 11.3 Å². The summed E-state index contributed by atoms with van der Waals surface area (Å²) in [7, 11) is 0. The number of carbonyl (C=O) groups is 1. The topological polar surface area (TPSA) is 41.6 Å². The minimum absolute atomic E-state index is 0.195. The molecule has 0 unspecified atom stereocenters. The van der Waals surface area contributed by atoms with Crippen LogP contribution in [-0.4, -0.2) is 42.5 Å². The highest BCUT2D eigenvalue weighted by atomic mass is 19.3. The van der Waals surface area contributed by atoms with E-state index >= 15 is 0 Å². The van der Waals surface area contributed by atoms with Crippen molar-refractivity contribution in [1.82, 2.24) is 10.2 Å². The molecule has 2 aliphatic rings. The first-order valence-corrected chi connectivity index (χ1v) is 9.73. The van der Waals surface area contributed by atoms with Crippen molar-refractivity contribution in [3.05, 3.63) is 65.5 Å². The molecule has 2 aromatic carbocycles. The van der Waals surface area contributed by atoms with E-state index in [-0.39, 0.29) is 37.8 Å². The standard InChI is InChI=1S/C22H23F3N2O2/c1-14(15-6-8-16(23)9-7-15)21(28)26-18-12-29-19-5-3-2-4-17(19)20(18)27-11-10-22(24,25)13-27/h2-9,14,18,20H,10-13H2,1H3,(H,26,28)/t14-,18-,20-/m0/s1. The fraction of sp³-hybridized carbons (Fsp3) is 0.409. The van der Waals surface area contributed by atoms with Crippen LogP contribution in [-0.2, 0) is 4.79 Å². The van der Waals surface area contributed by atoms with E-state index < -0.39 is 23.9 Å². The maximum atomic E-state index is 13.9. The lowest BCUT2D eigenvalue weighted by Gasteiger charge is -2.39. The van der Waals surface area contributed by atoms with Crippen LogP contribution in [0.4, 0.5) is 13.2 Å². The molecule has 4 rings (SSSR count). The van der Waals surface area contributed by atoms with Crippen LogP contribution < -0.4 is 10.1 Å². The van der Waals surface area contributed by atoms with Crippen molar-refractivity contribution in [1.29, 1.82) is 0 Å². The number of hydrogen-bond acceptors (Lipinski definition) is 3.